The summed E-state index contributed by atoms with van der Waals surface area (Å²) in [6.45, 7) is 0. The molecule has 1 aliphatic carbocycles. The lowest BCUT2D eigenvalue weighted by atomic mass is 9.85. The highest BCUT2D eigenvalue weighted by molar-refractivity contribution is 5.99. The molecule has 4 rings (SSSR count). The highest BCUT2D eigenvalue weighted by Crippen LogP contribution is 2.43. The van der Waals surface area contributed by atoms with E-state index >= 15 is 0 Å². The molecule has 124 valence electrons. The number of nitrogens with one attached hydrogen (secondary N) is 1. The van der Waals surface area contributed by atoms with Crippen molar-refractivity contribution in [2.24, 2.45) is 0 Å². The molecule has 0 spiro atoms. The predicted molar refractivity (Wildman–Crippen MR) is 85.0 cm³/mol. The molecule has 2 heterocycles. The molecular formula is C16H17N5O3. The number of ketones is 1. The molecule has 0 amide bonds. The van der Waals surface area contributed by atoms with E-state index in [1.54, 1.807) is 18.9 Å². The van der Waals surface area contributed by atoms with Gasteiger partial charge >= 0.3 is 0 Å². The monoisotopic (exact) mass is 327 g/mol. The summed E-state index contributed by atoms with van der Waals surface area (Å²) >= 11 is 0. The van der Waals surface area contributed by atoms with E-state index in [9.17, 15) is 4.79 Å². The maximum atomic E-state index is 12.6. The average Bonchev–Trinajstić information content (AvgIpc) is 3.07. The van der Waals surface area contributed by atoms with Gasteiger partial charge in [-0.15, -0.1) is 0 Å². The molecule has 1 aliphatic heterocycles. The van der Waals surface area contributed by atoms with Crippen LogP contribution in [0.4, 0.5) is 5.95 Å². The summed E-state index contributed by atoms with van der Waals surface area (Å²) in [6, 6.07) is 5.09. The van der Waals surface area contributed by atoms with Gasteiger partial charge in [-0.05, 0) is 41.5 Å². The Labute approximate surface area is 138 Å². The number of rotatable bonds is 3. The fraction of sp³-hybridized carbons (Fsp3) is 0.375. The Balaban J connectivity index is 1.95. The van der Waals surface area contributed by atoms with Gasteiger partial charge in [0, 0.05) is 23.3 Å². The van der Waals surface area contributed by atoms with Crippen LogP contribution in [0.2, 0.25) is 0 Å². The molecule has 2 aliphatic rings. The van der Waals surface area contributed by atoms with Crippen LogP contribution in [-0.2, 0) is 4.79 Å². The summed E-state index contributed by atoms with van der Waals surface area (Å²) in [5.74, 6) is 1.98. The highest BCUT2D eigenvalue weighted by atomic mass is 16.5. The number of hydrogen-bond acceptors (Lipinski definition) is 7. The molecule has 0 saturated carbocycles. The normalized spacial score (nSPS) is 19.4. The Morgan fingerprint density at radius 1 is 1.25 bits per heavy atom. The van der Waals surface area contributed by atoms with Gasteiger partial charge in [0.1, 0.15) is 17.5 Å². The second kappa shape index (κ2) is 5.63. The summed E-state index contributed by atoms with van der Waals surface area (Å²) in [5.41, 5.74) is 2.39. The Kier molecular flexibility index (Phi) is 3.44. The number of allylic oxidation sites excluding steroid dienone is 2. The van der Waals surface area contributed by atoms with Gasteiger partial charge in [0.15, 0.2) is 5.78 Å². The lowest BCUT2D eigenvalue weighted by Gasteiger charge is -2.32. The third-order valence-electron chi connectivity index (χ3n) is 4.46. The number of aromatic nitrogens is 4. The van der Waals surface area contributed by atoms with Crippen LogP contribution in [0.1, 0.15) is 30.9 Å². The van der Waals surface area contributed by atoms with Gasteiger partial charge in [-0.2, -0.15) is 4.68 Å². The molecule has 1 atom stereocenters. The zero-order valence-electron chi connectivity index (χ0n) is 13.4. The quantitative estimate of drug-likeness (QED) is 0.917. The van der Waals surface area contributed by atoms with Gasteiger partial charge in [-0.1, -0.05) is 5.10 Å². The summed E-state index contributed by atoms with van der Waals surface area (Å²) in [5, 5.41) is 15.0. The minimum absolute atomic E-state index is 0.111. The van der Waals surface area contributed by atoms with Crippen molar-refractivity contribution in [1.82, 2.24) is 20.2 Å². The van der Waals surface area contributed by atoms with Crippen LogP contribution in [0.3, 0.4) is 0 Å². The van der Waals surface area contributed by atoms with Crippen molar-refractivity contribution in [1.29, 1.82) is 0 Å². The zero-order chi connectivity index (χ0) is 16.7. The van der Waals surface area contributed by atoms with Crippen molar-refractivity contribution in [3.63, 3.8) is 0 Å². The van der Waals surface area contributed by atoms with Crippen molar-refractivity contribution in [3.05, 3.63) is 35.0 Å². The van der Waals surface area contributed by atoms with E-state index in [-0.39, 0.29) is 5.78 Å². The largest absolute Gasteiger partial charge is 0.497 e. The Hall–Kier alpha value is -2.90. The fourth-order valence-electron chi connectivity index (χ4n) is 3.36. The van der Waals surface area contributed by atoms with E-state index in [4.69, 9.17) is 9.47 Å². The van der Waals surface area contributed by atoms with Crippen molar-refractivity contribution in [2.75, 3.05) is 19.5 Å². The van der Waals surface area contributed by atoms with Crippen molar-refractivity contribution < 1.29 is 14.3 Å². The van der Waals surface area contributed by atoms with Crippen molar-refractivity contribution in [3.8, 4) is 11.5 Å². The third kappa shape index (κ3) is 2.14. The second-order valence-corrected chi connectivity index (χ2v) is 5.75. The Morgan fingerprint density at radius 2 is 2.12 bits per heavy atom. The van der Waals surface area contributed by atoms with Crippen molar-refractivity contribution >= 4 is 11.7 Å². The molecule has 8 nitrogen and oxygen atoms in total. The molecule has 0 bridgehead atoms. The number of hydrogen-bond donors (Lipinski definition) is 1. The minimum Gasteiger partial charge on any atom is -0.497 e. The number of benzene rings is 1. The van der Waals surface area contributed by atoms with Gasteiger partial charge in [0.25, 0.3) is 0 Å². The zero-order valence-corrected chi connectivity index (χ0v) is 13.4. The number of tetrazole rings is 1. The summed E-state index contributed by atoms with van der Waals surface area (Å²) in [6.07, 6.45) is 2.16. The topological polar surface area (TPSA) is 91.2 Å². The van der Waals surface area contributed by atoms with E-state index < -0.39 is 6.04 Å². The SMILES string of the molecule is COc1ccc(OC)c([C@H]2C3=C(CCCC3=O)Nc3nnnn32)c1. The van der Waals surface area contributed by atoms with Gasteiger partial charge < -0.3 is 14.8 Å². The van der Waals surface area contributed by atoms with E-state index in [1.165, 1.54) is 0 Å². The Bertz CT molecular complexity index is 842. The van der Waals surface area contributed by atoms with Gasteiger partial charge in [0.2, 0.25) is 5.95 Å². The van der Waals surface area contributed by atoms with E-state index in [0.29, 0.717) is 29.4 Å². The number of methoxy groups -OCH3 is 2. The van der Waals surface area contributed by atoms with Crippen LogP contribution in [-0.4, -0.2) is 40.2 Å². The van der Waals surface area contributed by atoms with Crippen LogP contribution in [0, 0.1) is 0 Å². The first-order valence-corrected chi connectivity index (χ1v) is 7.76. The molecular weight excluding hydrogens is 310 g/mol. The fourth-order valence-corrected chi connectivity index (χ4v) is 3.36. The lowest BCUT2D eigenvalue weighted by Crippen LogP contribution is -2.31. The summed E-state index contributed by atoms with van der Waals surface area (Å²) in [7, 11) is 3.21. The molecule has 0 radical (unpaired) electrons. The van der Waals surface area contributed by atoms with E-state index in [1.807, 2.05) is 18.2 Å². The van der Waals surface area contributed by atoms with Gasteiger partial charge in [-0.25, -0.2) is 0 Å². The molecule has 1 N–H and O–H groups in total. The number of ether oxygens (including phenoxy) is 2. The van der Waals surface area contributed by atoms with Gasteiger partial charge in [0.05, 0.1) is 14.2 Å². The molecule has 24 heavy (non-hydrogen) atoms. The maximum Gasteiger partial charge on any atom is 0.248 e. The molecule has 8 heteroatoms. The number of fused-ring (bicyclic) bond motifs is 1. The van der Waals surface area contributed by atoms with Crippen molar-refractivity contribution in [2.45, 2.75) is 25.3 Å². The predicted octanol–water partition coefficient (Wildman–Crippen LogP) is 1.71. The molecule has 1 aromatic carbocycles. The van der Waals surface area contributed by atoms with Crippen LogP contribution >= 0.6 is 0 Å². The molecule has 0 unspecified atom stereocenters. The number of carbonyl (C=O) groups excluding carboxylic acids is 1. The first kappa shape index (κ1) is 14.7. The van der Waals surface area contributed by atoms with Gasteiger partial charge in [-0.3, -0.25) is 4.79 Å². The number of Topliss-reactive ketones (excluding diaryl/α,β-unsaturated/α-hetero) is 1. The maximum absolute atomic E-state index is 12.6. The third-order valence-corrected chi connectivity index (χ3v) is 4.46. The van der Waals surface area contributed by atoms with Crippen LogP contribution in [0.25, 0.3) is 0 Å². The molecule has 1 aromatic heterocycles. The molecule has 0 fully saturated rings. The second-order valence-electron chi connectivity index (χ2n) is 5.75. The average molecular weight is 327 g/mol. The first-order chi connectivity index (χ1) is 11.7. The molecule has 2 aromatic rings. The van der Waals surface area contributed by atoms with Crippen LogP contribution in [0.15, 0.2) is 29.5 Å². The van der Waals surface area contributed by atoms with E-state index in [0.717, 1.165) is 24.1 Å². The smallest absolute Gasteiger partial charge is 0.248 e. The number of nitrogens with zero attached hydrogens (tertiary/aromatic N) is 4. The number of anilines is 1. The Morgan fingerprint density at radius 3 is 2.92 bits per heavy atom. The van der Waals surface area contributed by atoms with Crippen LogP contribution in [0.5, 0.6) is 11.5 Å². The first-order valence-electron chi connectivity index (χ1n) is 7.76. The standard InChI is InChI=1S/C16H17N5O3/c1-23-9-6-7-13(24-2)10(8-9)15-14-11(4-3-5-12(14)22)17-16-18-19-20-21(15)16/h6-8,15H,3-5H2,1-2H3,(H,17,18,20)/t15-/m0/s1. The van der Waals surface area contributed by atoms with Crippen LogP contribution < -0.4 is 14.8 Å². The molecule has 0 saturated heterocycles. The highest BCUT2D eigenvalue weighted by Gasteiger charge is 2.38. The summed E-state index contributed by atoms with van der Waals surface area (Å²) < 4.78 is 12.5. The minimum atomic E-state index is -0.427. The van der Waals surface area contributed by atoms with E-state index in [2.05, 4.69) is 20.8 Å². The summed E-state index contributed by atoms with van der Waals surface area (Å²) in [4.78, 5) is 12.6. The number of carbonyl (C=O) groups is 1. The lowest BCUT2D eigenvalue weighted by molar-refractivity contribution is -0.116.